The Hall–Kier alpha value is -8.57. The molecule has 2 aliphatic rings. The molecule has 0 saturated heterocycles. The molecule has 0 unspecified atom stereocenters. The summed E-state index contributed by atoms with van der Waals surface area (Å²) in [4.78, 5) is 16.3. The maximum absolute atomic E-state index is 5.48. The van der Waals surface area contributed by atoms with Gasteiger partial charge in [0, 0.05) is 42.3 Å². The second kappa shape index (κ2) is 16.0. The van der Waals surface area contributed by atoms with E-state index < -0.39 is 5.41 Å². The lowest BCUT2D eigenvalue weighted by atomic mass is 9.67. The van der Waals surface area contributed by atoms with Gasteiger partial charge in [-0.25, -0.2) is 15.0 Å². The Morgan fingerprint density at radius 2 is 0.803 bits per heavy atom. The Balaban J connectivity index is 0.897. The highest BCUT2D eigenvalue weighted by molar-refractivity contribution is 7.26. The van der Waals surface area contributed by atoms with Crippen LogP contribution in [0.25, 0.3) is 98.8 Å². The first-order valence-electron chi connectivity index (χ1n) is 24.4. The molecule has 0 bridgehead atoms. The zero-order chi connectivity index (χ0) is 47.3. The van der Waals surface area contributed by atoms with E-state index >= 15 is 0 Å². The SMILES string of the molecule is CC1(C)c2ccccc2-c2ccc(-c3ccc(-c4ccc(-c5nc(-c6cccc7c6-c6ccccc6C7(c6ccccc6)c6ccccc6)nc(-c6cccc7c6sc6ccccc67)n5)cc4)cc3)cc21. The third kappa shape index (κ3) is 6.31. The first-order valence-corrected chi connectivity index (χ1v) is 25.2. The van der Waals surface area contributed by atoms with Gasteiger partial charge in [-0.2, -0.15) is 0 Å². The molecule has 14 rings (SSSR count). The van der Waals surface area contributed by atoms with Gasteiger partial charge < -0.3 is 0 Å². The van der Waals surface area contributed by atoms with Gasteiger partial charge in [0.25, 0.3) is 0 Å². The van der Waals surface area contributed by atoms with Crippen molar-refractivity contribution >= 4 is 31.5 Å². The van der Waals surface area contributed by atoms with Crippen LogP contribution in [0.4, 0.5) is 0 Å². The average molecular weight is 924 g/mol. The molecule has 334 valence electrons. The lowest BCUT2D eigenvalue weighted by molar-refractivity contribution is 0.660. The predicted molar refractivity (Wildman–Crippen MR) is 295 cm³/mol. The molecule has 0 atom stereocenters. The molecule has 2 aromatic heterocycles. The molecule has 0 fully saturated rings. The van der Waals surface area contributed by atoms with E-state index in [1.54, 1.807) is 11.3 Å². The Labute approximate surface area is 417 Å². The normalized spacial score (nSPS) is 13.7. The number of fused-ring (bicyclic) bond motifs is 9. The van der Waals surface area contributed by atoms with Crippen LogP contribution in [0.5, 0.6) is 0 Å². The lowest BCUT2D eigenvalue weighted by Crippen LogP contribution is -2.28. The largest absolute Gasteiger partial charge is 0.208 e. The fourth-order valence-corrected chi connectivity index (χ4v) is 13.1. The number of aromatic nitrogens is 3. The van der Waals surface area contributed by atoms with Crippen LogP contribution in [0.15, 0.2) is 237 Å². The van der Waals surface area contributed by atoms with Crippen LogP contribution in [0.1, 0.15) is 47.2 Å². The summed E-state index contributed by atoms with van der Waals surface area (Å²) in [6, 6.07) is 86.1. The van der Waals surface area contributed by atoms with Crippen LogP contribution in [-0.2, 0) is 10.8 Å². The van der Waals surface area contributed by atoms with Gasteiger partial charge in [-0.05, 0) is 96.1 Å². The molecule has 2 aliphatic carbocycles. The van der Waals surface area contributed by atoms with Crippen LogP contribution < -0.4 is 0 Å². The van der Waals surface area contributed by atoms with Crippen LogP contribution in [0, 0.1) is 0 Å². The average Bonchev–Trinajstić information content (AvgIpc) is 4.05. The summed E-state index contributed by atoms with van der Waals surface area (Å²) < 4.78 is 2.41. The van der Waals surface area contributed by atoms with Crippen molar-refractivity contribution in [2.45, 2.75) is 24.7 Å². The molecule has 0 radical (unpaired) electrons. The number of benzene rings is 10. The fourth-order valence-electron chi connectivity index (χ4n) is 11.9. The predicted octanol–water partition coefficient (Wildman–Crippen LogP) is 17.2. The van der Waals surface area contributed by atoms with E-state index in [2.05, 4.69) is 250 Å². The van der Waals surface area contributed by atoms with Crippen molar-refractivity contribution in [2.75, 3.05) is 0 Å². The molecule has 3 nitrogen and oxygen atoms in total. The molecule has 10 aromatic carbocycles. The van der Waals surface area contributed by atoms with Gasteiger partial charge in [-0.1, -0.05) is 232 Å². The molecule has 0 spiro atoms. The molecule has 0 aliphatic heterocycles. The lowest BCUT2D eigenvalue weighted by Gasteiger charge is -2.33. The smallest absolute Gasteiger partial charge is 0.165 e. The molecule has 0 saturated carbocycles. The van der Waals surface area contributed by atoms with Crippen LogP contribution in [0.2, 0.25) is 0 Å². The quantitative estimate of drug-likeness (QED) is 0.160. The van der Waals surface area contributed by atoms with Crippen LogP contribution >= 0.6 is 11.3 Å². The van der Waals surface area contributed by atoms with E-state index in [1.807, 2.05) is 0 Å². The van der Waals surface area contributed by atoms with Crippen molar-refractivity contribution in [2.24, 2.45) is 0 Å². The molecular weight excluding hydrogens is 879 g/mol. The van der Waals surface area contributed by atoms with E-state index in [9.17, 15) is 0 Å². The zero-order valence-electron chi connectivity index (χ0n) is 39.3. The minimum absolute atomic E-state index is 0.0428. The summed E-state index contributed by atoms with van der Waals surface area (Å²) in [6.07, 6.45) is 0. The Morgan fingerprint density at radius 3 is 1.52 bits per heavy atom. The maximum Gasteiger partial charge on any atom is 0.165 e. The number of thiophene rings is 1. The third-order valence-corrected chi connectivity index (χ3v) is 16.5. The summed E-state index contributed by atoms with van der Waals surface area (Å²) >= 11 is 1.79. The van der Waals surface area contributed by atoms with E-state index in [-0.39, 0.29) is 5.41 Å². The maximum atomic E-state index is 5.48. The first kappa shape index (κ1) is 41.4. The first-order chi connectivity index (χ1) is 34.9. The topological polar surface area (TPSA) is 38.7 Å². The van der Waals surface area contributed by atoms with Gasteiger partial charge in [0.05, 0.1) is 5.41 Å². The highest BCUT2D eigenvalue weighted by atomic mass is 32.1. The summed E-state index contributed by atoms with van der Waals surface area (Å²) in [5, 5.41) is 2.45. The van der Waals surface area contributed by atoms with E-state index in [4.69, 9.17) is 15.0 Å². The van der Waals surface area contributed by atoms with Crippen molar-refractivity contribution in [1.82, 2.24) is 15.0 Å². The Bertz CT molecular complexity index is 4020. The third-order valence-electron chi connectivity index (χ3n) is 15.3. The van der Waals surface area contributed by atoms with Gasteiger partial charge in [0.15, 0.2) is 17.5 Å². The molecule has 0 N–H and O–H groups in total. The van der Waals surface area contributed by atoms with Crippen molar-refractivity contribution < 1.29 is 0 Å². The van der Waals surface area contributed by atoms with E-state index in [0.29, 0.717) is 17.5 Å². The Kier molecular flexibility index (Phi) is 9.33. The van der Waals surface area contributed by atoms with Gasteiger partial charge in [0.2, 0.25) is 0 Å². The van der Waals surface area contributed by atoms with Crippen molar-refractivity contribution in [1.29, 1.82) is 0 Å². The number of hydrogen-bond acceptors (Lipinski definition) is 4. The zero-order valence-corrected chi connectivity index (χ0v) is 40.1. The molecule has 4 heteroatoms. The number of hydrogen-bond donors (Lipinski definition) is 0. The highest BCUT2D eigenvalue weighted by Gasteiger charge is 2.47. The van der Waals surface area contributed by atoms with Crippen molar-refractivity contribution in [3.63, 3.8) is 0 Å². The van der Waals surface area contributed by atoms with Gasteiger partial charge in [-0.3, -0.25) is 0 Å². The Morgan fingerprint density at radius 1 is 0.324 bits per heavy atom. The summed E-state index contributed by atoms with van der Waals surface area (Å²) in [5.41, 5.74) is 19.7. The van der Waals surface area contributed by atoms with Gasteiger partial charge in [-0.15, -0.1) is 11.3 Å². The number of rotatable bonds is 7. The van der Waals surface area contributed by atoms with Crippen LogP contribution in [0.3, 0.4) is 0 Å². The van der Waals surface area contributed by atoms with Crippen molar-refractivity contribution in [3.05, 3.63) is 270 Å². The minimum Gasteiger partial charge on any atom is -0.208 e. The molecular formula is C67H45N3S. The van der Waals surface area contributed by atoms with E-state index in [1.165, 1.54) is 81.4 Å². The minimum atomic E-state index is -0.551. The number of nitrogens with zero attached hydrogens (tertiary/aromatic N) is 3. The second-order valence-corrected chi connectivity index (χ2v) is 20.5. The standard InChI is InChI=1S/C67H45N3S/c1-66(2)56-27-12-9-21-49(56)50-40-39-46(41-59(50)66)44-33-31-42(32-34-44)43-35-37-45(38-36-43)63-68-64(70-65(69-63)55-26-15-24-52-51-22-11-14-30-60(51)71-62(52)55)54-25-16-29-58-61(54)53-23-10-13-28-57(53)67(58,47-17-5-3-6-18-47)48-19-7-4-8-20-48/h3-41H,1-2H3. The van der Waals surface area contributed by atoms with Gasteiger partial charge in [0.1, 0.15) is 0 Å². The summed E-state index contributed by atoms with van der Waals surface area (Å²) in [5.74, 6) is 1.93. The monoisotopic (exact) mass is 923 g/mol. The second-order valence-electron chi connectivity index (χ2n) is 19.4. The molecule has 0 amide bonds. The van der Waals surface area contributed by atoms with Crippen LogP contribution in [-0.4, -0.2) is 15.0 Å². The summed E-state index contributed by atoms with van der Waals surface area (Å²) in [7, 11) is 0. The fraction of sp³-hybridized carbons (Fsp3) is 0.0597. The van der Waals surface area contributed by atoms with Crippen molar-refractivity contribution in [3.8, 4) is 78.7 Å². The van der Waals surface area contributed by atoms with Gasteiger partial charge >= 0.3 is 0 Å². The van der Waals surface area contributed by atoms with E-state index in [0.717, 1.165) is 33.4 Å². The highest BCUT2D eigenvalue weighted by Crippen LogP contribution is 2.58. The summed E-state index contributed by atoms with van der Waals surface area (Å²) in [6.45, 7) is 4.68. The molecule has 2 heterocycles. The molecule has 12 aromatic rings. The molecule has 71 heavy (non-hydrogen) atoms.